The van der Waals surface area contributed by atoms with Crippen LogP contribution in [-0.2, 0) is 4.74 Å². The number of alkyl halides is 2. The van der Waals surface area contributed by atoms with E-state index in [0.29, 0.717) is 18.3 Å². The molecule has 4 fully saturated rings. The third-order valence-corrected chi connectivity index (χ3v) is 8.56. The van der Waals surface area contributed by atoms with Gasteiger partial charge in [0.1, 0.15) is 11.3 Å². The summed E-state index contributed by atoms with van der Waals surface area (Å²) >= 11 is 0. The number of aryl methyl sites for hydroxylation is 2. The van der Waals surface area contributed by atoms with Gasteiger partial charge < -0.3 is 4.74 Å². The van der Waals surface area contributed by atoms with Crippen LogP contribution in [0.15, 0.2) is 12.4 Å². The van der Waals surface area contributed by atoms with Crippen LogP contribution in [-0.4, -0.2) is 42.2 Å². The van der Waals surface area contributed by atoms with Crippen molar-refractivity contribution < 1.29 is 13.5 Å². The molecule has 2 atom stereocenters. The van der Waals surface area contributed by atoms with Crippen LogP contribution in [0.3, 0.4) is 0 Å². The topological polar surface area (TPSA) is 78.6 Å². The first-order valence-electron chi connectivity index (χ1n) is 12.8. The minimum atomic E-state index is -2.50. The molecule has 0 amide bonds. The molecule has 1 aliphatic heterocycles. The molecule has 1 spiro atoms. The quantitative estimate of drug-likeness (QED) is 0.491. The largest absolute Gasteiger partial charge is 0.373 e. The van der Waals surface area contributed by atoms with Gasteiger partial charge >= 0.3 is 0 Å². The minimum Gasteiger partial charge on any atom is -0.373 e. The second kappa shape index (κ2) is 7.48. The van der Waals surface area contributed by atoms with Crippen molar-refractivity contribution in [2.24, 2.45) is 5.41 Å². The van der Waals surface area contributed by atoms with Gasteiger partial charge in [-0.2, -0.15) is 5.10 Å². The second-order valence-corrected chi connectivity index (χ2v) is 11.4. The Morgan fingerprint density at radius 3 is 2.49 bits per heavy atom. The number of fused-ring (bicyclic) bond motifs is 1. The summed E-state index contributed by atoms with van der Waals surface area (Å²) < 4.78 is 35.4. The zero-order valence-corrected chi connectivity index (χ0v) is 20.2. The average Bonchev–Trinajstić information content (AvgIpc) is 3.52. The van der Waals surface area contributed by atoms with Crippen LogP contribution in [0.25, 0.3) is 11.2 Å². The SMILES string of the molecule is Cc1nc2nc([C@H]3CCO[C@@H](c4cnn(C5CC5)c4)C3)nc(C3CC4(C3)CC(F)(F)C4)c2nc1C. The molecule has 184 valence electrons. The first-order chi connectivity index (χ1) is 16.8. The second-order valence-electron chi connectivity index (χ2n) is 11.4. The molecule has 3 aliphatic carbocycles. The smallest absolute Gasteiger partial charge is 0.249 e. The third-order valence-electron chi connectivity index (χ3n) is 8.56. The molecular formula is C26H30F2N6O. The fourth-order valence-corrected chi connectivity index (χ4v) is 6.45. The van der Waals surface area contributed by atoms with Gasteiger partial charge in [0.05, 0.1) is 35.4 Å². The van der Waals surface area contributed by atoms with Gasteiger partial charge in [-0.15, -0.1) is 0 Å². The summed E-state index contributed by atoms with van der Waals surface area (Å²) in [7, 11) is 0. The van der Waals surface area contributed by atoms with Crippen molar-refractivity contribution >= 4 is 11.2 Å². The van der Waals surface area contributed by atoms with Crippen molar-refractivity contribution in [2.45, 2.75) is 95.1 Å². The number of nitrogens with zero attached hydrogens (tertiary/aromatic N) is 6. The van der Waals surface area contributed by atoms with Gasteiger partial charge in [0.2, 0.25) is 5.92 Å². The lowest BCUT2D eigenvalue weighted by molar-refractivity contribution is -0.196. The van der Waals surface area contributed by atoms with E-state index in [9.17, 15) is 8.78 Å². The summed E-state index contributed by atoms with van der Waals surface area (Å²) in [6.07, 6.45) is 9.57. The van der Waals surface area contributed by atoms with Crippen LogP contribution >= 0.6 is 0 Å². The van der Waals surface area contributed by atoms with Crippen LogP contribution in [0.4, 0.5) is 8.78 Å². The maximum atomic E-state index is 13.6. The van der Waals surface area contributed by atoms with Crippen molar-refractivity contribution in [1.82, 2.24) is 29.7 Å². The van der Waals surface area contributed by atoms with Gasteiger partial charge in [-0.05, 0) is 57.8 Å². The van der Waals surface area contributed by atoms with E-state index in [2.05, 4.69) is 16.0 Å². The highest BCUT2D eigenvalue weighted by Crippen LogP contribution is 2.67. The summed E-state index contributed by atoms with van der Waals surface area (Å²) in [4.78, 5) is 19.5. The number of hydrogen-bond donors (Lipinski definition) is 0. The van der Waals surface area contributed by atoms with Crippen molar-refractivity contribution in [3.05, 3.63) is 40.9 Å². The summed E-state index contributed by atoms with van der Waals surface area (Å²) in [5.74, 6) is -1.43. The van der Waals surface area contributed by atoms with E-state index in [1.807, 2.05) is 20.0 Å². The van der Waals surface area contributed by atoms with Crippen LogP contribution < -0.4 is 0 Å². The number of rotatable bonds is 4. The predicted molar refractivity (Wildman–Crippen MR) is 124 cm³/mol. The highest BCUT2D eigenvalue weighted by Gasteiger charge is 2.62. The fourth-order valence-electron chi connectivity index (χ4n) is 6.45. The Balaban J connectivity index is 1.19. The maximum Gasteiger partial charge on any atom is 0.249 e. The molecule has 0 radical (unpaired) electrons. The van der Waals surface area contributed by atoms with E-state index >= 15 is 0 Å². The first-order valence-corrected chi connectivity index (χ1v) is 12.8. The van der Waals surface area contributed by atoms with Crippen molar-refractivity contribution in [3.8, 4) is 0 Å². The number of hydrogen-bond acceptors (Lipinski definition) is 6. The van der Waals surface area contributed by atoms with E-state index < -0.39 is 5.92 Å². The Morgan fingerprint density at radius 1 is 0.971 bits per heavy atom. The molecule has 7 rings (SSSR count). The van der Waals surface area contributed by atoms with E-state index in [4.69, 9.17) is 24.7 Å². The highest BCUT2D eigenvalue weighted by molar-refractivity contribution is 5.74. The normalized spacial score (nSPS) is 27.7. The maximum absolute atomic E-state index is 13.6. The molecule has 3 saturated carbocycles. The molecular weight excluding hydrogens is 450 g/mol. The Bertz CT molecular complexity index is 1300. The zero-order chi connectivity index (χ0) is 23.9. The predicted octanol–water partition coefficient (Wildman–Crippen LogP) is 5.50. The molecule has 1 saturated heterocycles. The lowest BCUT2D eigenvalue weighted by atomic mass is 9.49. The van der Waals surface area contributed by atoms with Crippen molar-refractivity contribution in [1.29, 1.82) is 0 Å². The van der Waals surface area contributed by atoms with Gasteiger partial charge in [-0.1, -0.05) is 0 Å². The van der Waals surface area contributed by atoms with Gasteiger partial charge in [0.15, 0.2) is 5.65 Å². The molecule has 35 heavy (non-hydrogen) atoms. The Hall–Kier alpha value is -2.55. The van der Waals surface area contributed by atoms with Gasteiger partial charge in [-0.3, -0.25) is 4.68 Å². The molecule has 0 N–H and O–H groups in total. The van der Waals surface area contributed by atoms with Crippen LogP contribution in [0.1, 0.15) is 104 Å². The van der Waals surface area contributed by atoms with E-state index in [1.54, 1.807) is 0 Å². The molecule has 3 aromatic heterocycles. The lowest BCUT2D eigenvalue weighted by Crippen LogP contribution is -2.53. The summed E-state index contributed by atoms with van der Waals surface area (Å²) in [5, 5.41) is 4.54. The zero-order valence-electron chi connectivity index (χ0n) is 20.2. The minimum absolute atomic E-state index is 0.00632. The molecule has 7 nitrogen and oxygen atoms in total. The molecule has 0 bridgehead atoms. The van der Waals surface area contributed by atoms with Crippen LogP contribution in [0, 0.1) is 19.3 Å². The third kappa shape index (κ3) is 3.74. The van der Waals surface area contributed by atoms with E-state index in [1.165, 1.54) is 12.8 Å². The Morgan fingerprint density at radius 2 is 1.74 bits per heavy atom. The van der Waals surface area contributed by atoms with Crippen molar-refractivity contribution in [3.63, 3.8) is 0 Å². The van der Waals surface area contributed by atoms with Crippen LogP contribution in [0.2, 0.25) is 0 Å². The standard InChI is InChI=1S/C26H30F2N6O/c1-14-15(2)31-24-22(30-14)21(17-8-25(9-17)12-26(27,28)13-25)32-23(33-24)16-5-6-35-20(7-16)18-10-29-34(11-18)19-3-4-19/h10-11,16-17,19-20H,3-9,12-13H2,1-2H3/t16-,20+/m0/s1. The summed E-state index contributed by atoms with van der Waals surface area (Å²) in [6, 6.07) is 0.543. The van der Waals surface area contributed by atoms with Gasteiger partial charge in [0, 0.05) is 43.0 Å². The molecule has 3 aromatic rings. The molecule has 0 unspecified atom stereocenters. The summed E-state index contributed by atoms with van der Waals surface area (Å²) in [6.45, 7) is 4.53. The molecule has 9 heteroatoms. The Kier molecular flexibility index (Phi) is 4.64. The number of ether oxygens (including phenoxy) is 1. The Labute approximate surface area is 202 Å². The van der Waals surface area contributed by atoms with Gasteiger partial charge in [0.25, 0.3) is 0 Å². The molecule has 4 heterocycles. The average molecular weight is 481 g/mol. The highest BCUT2D eigenvalue weighted by atomic mass is 19.3. The van der Waals surface area contributed by atoms with Gasteiger partial charge in [-0.25, -0.2) is 28.7 Å². The first kappa shape index (κ1) is 21.7. The molecule has 0 aromatic carbocycles. The monoisotopic (exact) mass is 480 g/mol. The number of aromatic nitrogens is 6. The van der Waals surface area contributed by atoms with E-state index in [-0.39, 0.29) is 36.2 Å². The molecule has 4 aliphatic rings. The van der Waals surface area contributed by atoms with Crippen LogP contribution in [0.5, 0.6) is 0 Å². The lowest BCUT2D eigenvalue weighted by Gasteiger charge is -2.57. The summed E-state index contributed by atoms with van der Waals surface area (Å²) in [5.41, 5.74) is 4.86. The van der Waals surface area contributed by atoms with Crippen molar-refractivity contribution in [2.75, 3.05) is 6.61 Å². The fraction of sp³-hybridized carbons (Fsp3) is 0.654. The number of halogens is 2. The van der Waals surface area contributed by atoms with E-state index in [0.717, 1.165) is 59.7 Å².